The molecule has 3 unspecified atom stereocenters. The van der Waals surface area contributed by atoms with Crippen LogP contribution in [0.25, 0.3) is 0 Å². The predicted molar refractivity (Wildman–Crippen MR) is 106 cm³/mol. The zero-order chi connectivity index (χ0) is 19.5. The van der Waals surface area contributed by atoms with Crippen molar-refractivity contribution in [1.82, 2.24) is 9.97 Å². The van der Waals surface area contributed by atoms with Gasteiger partial charge < -0.3 is 14.1 Å². The lowest BCUT2D eigenvalue weighted by Crippen LogP contribution is -2.55. The number of aromatic amines is 1. The summed E-state index contributed by atoms with van der Waals surface area (Å²) >= 11 is 0. The molecule has 0 aromatic carbocycles. The third-order valence-electron chi connectivity index (χ3n) is 6.91. The van der Waals surface area contributed by atoms with E-state index in [1.165, 1.54) is 6.33 Å². The van der Waals surface area contributed by atoms with Crippen molar-refractivity contribution >= 4 is 8.32 Å². The van der Waals surface area contributed by atoms with Crippen LogP contribution in [-0.4, -0.2) is 29.5 Å². The number of hydrogen-bond acceptors (Lipinski definition) is 4. The van der Waals surface area contributed by atoms with Gasteiger partial charge in [0.15, 0.2) is 8.32 Å². The zero-order valence-corrected chi connectivity index (χ0v) is 18.5. The third kappa shape index (κ3) is 3.26. The van der Waals surface area contributed by atoms with Crippen LogP contribution in [0.1, 0.15) is 72.3 Å². The normalized spacial score (nSPS) is 30.9. The van der Waals surface area contributed by atoms with Gasteiger partial charge in [0.05, 0.1) is 17.5 Å². The molecule has 0 amide bonds. The number of nitrogens with zero attached hydrogens (tertiary/aromatic N) is 1. The summed E-state index contributed by atoms with van der Waals surface area (Å²) in [7, 11) is -1.89. The van der Waals surface area contributed by atoms with E-state index in [0.717, 1.165) is 19.3 Å². The van der Waals surface area contributed by atoms with Crippen LogP contribution in [-0.2, 0) is 4.43 Å². The van der Waals surface area contributed by atoms with E-state index in [9.17, 15) is 4.79 Å². The van der Waals surface area contributed by atoms with E-state index in [1.54, 1.807) is 0 Å². The third-order valence-corrected chi connectivity index (χ3v) is 11.5. The first-order valence-corrected chi connectivity index (χ1v) is 12.6. The first kappa shape index (κ1) is 19.6. The molecule has 0 spiro atoms. The Kier molecular flexibility index (Phi) is 4.47. The van der Waals surface area contributed by atoms with E-state index >= 15 is 0 Å². The lowest BCUT2D eigenvalue weighted by atomic mass is 9.63. The average Bonchev–Trinajstić information content (AvgIpc) is 2.43. The fourth-order valence-corrected chi connectivity index (χ4v) is 6.22. The van der Waals surface area contributed by atoms with Crippen molar-refractivity contribution in [3.05, 3.63) is 22.2 Å². The zero-order valence-electron chi connectivity index (χ0n) is 17.5. The van der Waals surface area contributed by atoms with Crippen molar-refractivity contribution in [2.75, 3.05) is 0 Å². The van der Waals surface area contributed by atoms with Gasteiger partial charge in [-0.1, -0.05) is 20.8 Å². The topological polar surface area (TPSA) is 64.2 Å². The minimum atomic E-state index is -1.89. The van der Waals surface area contributed by atoms with E-state index in [2.05, 4.69) is 64.6 Å². The molecule has 5 nitrogen and oxygen atoms in total. The summed E-state index contributed by atoms with van der Waals surface area (Å²) in [6.07, 6.45) is 4.28. The Morgan fingerprint density at radius 2 is 1.96 bits per heavy atom. The van der Waals surface area contributed by atoms with E-state index < -0.39 is 8.32 Å². The molecule has 26 heavy (non-hydrogen) atoms. The number of hydrogen-bond donors (Lipinski definition) is 1. The molecule has 1 aromatic heterocycles. The van der Waals surface area contributed by atoms with Gasteiger partial charge in [-0.05, 0) is 58.2 Å². The van der Waals surface area contributed by atoms with Gasteiger partial charge in [-0.3, -0.25) is 4.79 Å². The molecule has 1 fully saturated rings. The fourth-order valence-electron chi connectivity index (χ4n) is 4.50. The first-order valence-electron chi connectivity index (χ1n) is 9.73. The number of nitrogens with one attached hydrogen (secondary N) is 1. The maximum Gasteiger partial charge on any atom is 0.258 e. The summed E-state index contributed by atoms with van der Waals surface area (Å²) < 4.78 is 13.0. The minimum Gasteiger partial charge on any atom is -0.471 e. The Balaban J connectivity index is 1.97. The summed E-state index contributed by atoms with van der Waals surface area (Å²) in [4.78, 5) is 19.6. The van der Waals surface area contributed by atoms with Gasteiger partial charge in [0.1, 0.15) is 5.60 Å². The average molecular weight is 379 g/mol. The molecular weight excluding hydrogens is 344 g/mol. The Labute approximate surface area is 158 Å². The van der Waals surface area contributed by atoms with Crippen molar-refractivity contribution in [1.29, 1.82) is 0 Å². The molecule has 3 rings (SSSR count). The quantitative estimate of drug-likeness (QED) is 0.764. The van der Waals surface area contributed by atoms with Crippen LogP contribution < -0.4 is 10.3 Å². The molecule has 1 aromatic rings. The van der Waals surface area contributed by atoms with E-state index in [-0.39, 0.29) is 27.7 Å². The van der Waals surface area contributed by atoms with E-state index in [4.69, 9.17) is 9.16 Å². The molecular formula is C20H34N2O3Si. The predicted octanol–water partition coefficient (Wildman–Crippen LogP) is 4.61. The monoisotopic (exact) mass is 378 g/mol. The molecule has 6 heteroatoms. The highest BCUT2D eigenvalue weighted by atomic mass is 28.4. The second-order valence-electron chi connectivity index (χ2n) is 10.4. The second-order valence-corrected chi connectivity index (χ2v) is 15.1. The van der Waals surface area contributed by atoms with Gasteiger partial charge in [0.25, 0.3) is 5.56 Å². The lowest BCUT2D eigenvalue weighted by Gasteiger charge is -2.53. The van der Waals surface area contributed by atoms with Gasteiger partial charge >= 0.3 is 0 Å². The van der Waals surface area contributed by atoms with Gasteiger partial charge in [-0.15, -0.1) is 0 Å². The number of ether oxygens (including phenoxy) is 1. The highest BCUT2D eigenvalue weighted by molar-refractivity contribution is 6.74. The van der Waals surface area contributed by atoms with Gasteiger partial charge in [0, 0.05) is 11.8 Å². The molecule has 1 aliphatic heterocycles. The van der Waals surface area contributed by atoms with E-state index in [1.807, 2.05) is 0 Å². The first-order chi connectivity index (χ1) is 11.8. The Hall–Kier alpha value is -1.14. The molecule has 1 N–H and O–H groups in total. The lowest BCUT2D eigenvalue weighted by molar-refractivity contribution is -0.0625. The maximum absolute atomic E-state index is 12.6. The molecule has 0 radical (unpaired) electrons. The number of H-pyrrole nitrogens is 1. The van der Waals surface area contributed by atoms with Crippen LogP contribution in [0, 0.1) is 5.92 Å². The molecule has 2 aliphatic rings. The number of fused-ring (bicyclic) bond motifs is 3. The van der Waals surface area contributed by atoms with Crippen LogP contribution in [0.3, 0.4) is 0 Å². The van der Waals surface area contributed by atoms with Crippen LogP contribution >= 0.6 is 0 Å². The van der Waals surface area contributed by atoms with Gasteiger partial charge in [-0.25, -0.2) is 4.98 Å². The summed E-state index contributed by atoms with van der Waals surface area (Å²) in [5.74, 6) is 0.919. The Bertz CT molecular complexity index is 750. The molecule has 1 aliphatic carbocycles. The highest BCUT2D eigenvalue weighted by Crippen LogP contribution is 2.54. The van der Waals surface area contributed by atoms with Crippen molar-refractivity contribution in [3.8, 4) is 5.88 Å². The van der Waals surface area contributed by atoms with Crippen LogP contribution in [0.4, 0.5) is 0 Å². The van der Waals surface area contributed by atoms with Gasteiger partial charge in [-0.2, -0.15) is 0 Å². The number of rotatable bonds is 2. The fraction of sp³-hybridized carbons (Fsp3) is 0.800. The van der Waals surface area contributed by atoms with Crippen molar-refractivity contribution in [2.45, 2.75) is 96.1 Å². The SMILES string of the molecule is CC1(O[Si](C)(C)C(C)(C)C)CCC2C(C1)c1c(nc[nH]c1=O)OC2(C)C. The molecule has 3 atom stereocenters. The highest BCUT2D eigenvalue weighted by Gasteiger charge is 2.53. The summed E-state index contributed by atoms with van der Waals surface area (Å²) in [6.45, 7) is 17.9. The van der Waals surface area contributed by atoms with Crippen molar-refractivity contribution in [2.24, 2.45) is 5.92 Å². The molecule has 0 saturated heterocycles. The van der Waals surface area contributed by atoms with Crippen molar-refractivity contribution in [3.63, 3.8) is 0 Å². The van der Waals surface area contributed by atoms with Crippen LogP contribution in [0.15, 0.2) is 11.1 Å². The minimum absolute atomic E-state index is 0.0722. The second kappa shape index (κ2) is 5.93. The molecule has 1 saturated carbocycles. The summed E-state index contributed by atoms with van der Waals surface area (Å²) in [6, 6.07) is 0. The number of aromatic nitrogens is 2. The maximum atomic E-state index is 12.6. The molecule has 2 heterocycles. The van der Waals surface area contributed by atoms with Crippen LogP contribution in [0.5, 0.6) is 5.88 Å². The molecule has 0 bridgehead atoms. The largest absolute Gasteiger partial charge is 0.471 e. The smallest absolute Gasteiger partial charge is 0.258 e. The molecule has 146 valence electrons. The standard InChI is InChI=1S/C20H34N2O3Si/c1-18(2,3)26(7,8)25-20(6)10-9-14-13(11-20)15-16(23)21-12-22-17(15)24-19(14,4)5/h12-14H,9-11H2,1-8H3,(H,21,22,23). The summed E-state index contributed by atoms with van der Waals surface area (Å²) in [5, 5.41) is 0.165. The van der Waals surface area contributed by atoms with Crippen molar-refractivity contribution < 1.29 is 9.16 Å². The Morgan fingerprint density at radius 3 is 2.58 bits per heavy atom. The Morgan fingerprint density at radius 1 is 1.31 bits per heavy atom. The van der Waals surface area contributed by atoms with Crippen LogP contribution in [0.2, 0.25) is 18.1 Å². The van der Waals surface area contributed by atoms with E-state index in [0.29, 0.717) is 17.4 Å². The summed E-state index contributed by atoms with van der Waals surface area (Å²) in [5.41, 5.74) is 0.104. The van der Waals surface area contributed by atoms with Gasteiger partial charge in [0.2, 0.25) is 5.88 Å².